The maximum Gasteiger partial charge on any atom is 0.223 e. The largest absolute Gasteiger partial charge is 0.355 e. The van der Waals surface area contributed by atoms with E-state index < -0.39 is 0 Å². The predicted octanol–water partition coefficient (Wildman–Crippen LogP) is 3.47. The lowest BCUT2D eigenvalue weighted by Crippen LogP contribution is -2.32. The second-order valence-electron chi connectivity index (χ2n) is 4.21. The standard InChI is InChI=1S/C12H23NOS2/c1-2-15-16-10-9-13-12(14)11-7-5-3-4-6-8-11/h11H,2-10H2,1H3,(H,13,14). The minimum absolute atomic E-state index is 0.295. The van der Waals surface area contributed by atoms with Gasteiger partial charge in [0.05, 0.1) is 0 Å². The Kier molecular flexibility index (Phi) is 8.21. The third-order valence-corrected chi connectivity index (χ3v) is 5.39. The van der Waals surface area contributed by atoms with Crippen LogP contribution in [0.3, 0.4) is 0 Å². The highest BCUT2D eigenvalue weighted by molar-refractivity contribution is 8.76. The molecule has 0 aromatic rings. The fourth-order valence-electron chi connectivity index (χ4n) is 2.04. The molecule has 1 aliphatic rings. The maximum absolute atomic E-state index is 11.9. The summed E-state index contributed by atoms with van der Waals surface area (Å²) in [5, 5.41) is 3.07. The molecule has 0 bridgehead atoms. The first-order valence-electron chi connectivity index (χ1n) is 6.36. The second kappa shape index (κ2) is 9.23. The van der Waals surface area contributed by atoms with Gasteiger partial charge in [-0.1, -0.05) is 54.2 Å². The SMILES string of the molecule is CCSSCCNC(=O)C1CCCCCC1. The monoisotopic (exact) mass is 261 g/mol. The Balaban J connectivity index is 2.08. The third kappa shape index (κ3) is 6.04. The van der Waals surface area contributed by atoms with Crippen LogP contribution in [0.4, 0.5) is 0 Å². The zero-order valence-electron chi connectivity index (χ0n) is 10.2. The van der Waals surface area contributed by atoms with E-state index >= 15 is 0 Å². The highest BCUT2D eigenvalue weighted by Gasteiger charge is 2.19. The second-order valence-corrected chi connectivity index (χ2v) is 7.08. The number of amides is 1. The van der Waals surface area contributed by atoms with E-state index in [1.54, 1.807) is 0 Å². The first-order valence-corrected chi connectivity index (χ1v) is 8.85. The van der Waals surface area contributed by atoms with Crippen molar-refractivity contribution >= 4 is 27.5 Å². The van der Waals surface area contributed by atoms with Crippen molar-refractivity contribution in [3.8, 4) is 0 Å². The number of carbonyl (C=O) groups is 1. The lowest BCUT2D eigenvalue weighted by atomic mass is 10.00. The molecule has 0 aliphatic heterocycles. The van der Waals surface area contributed by atoms with Gasteiger partial charge in [0.25, 0.3) is 0 Å². The highest BCUT2D eigenvalue weighted by atomic mass is 33.1. The van der Waals surface area contributed by atoms with Crippen molar-refractivity contribution in [2.75, 3.05) is 18.1 Å². The summed E-state index contributed by atoms with van der Waals surface area (Å²) >= 11 is 0. The number of hydrogen-bond acceptors (Lipinski definition) is 3. The molecular weight excluding hydrogens is 238 g/mol. The fourth-order valence-corrected chi connectivity index (χ4v) is 3.62. The van der Waals surface area contributed by atoms with Crippen LogP contribution in [0.15, 0.2) is 0 Å². The van der Waals surface area contributed by atoms with E-state index in [-0.39, 0.29) is 0 Å². The molecule has 0 saturated heterocycles. The van der Waals surface area contributed by atoms with E-state index in [0.29, 0.717) is 11.8 Å². The quantitative estimate of drug-likeness (QED) is 0.451. The van der Waals surface area contributed by atoms with E-state index in [1.165, 1.54) is 25.7 Å². The molecule has 0 heterocycles. The molecule has 0 atom stereocenters. The van der Waals surface area contributed by atoms with Gasteiger partial charge in [0.2, 0.25) is 5.91 Å². The van der Waals surface area contributed by atoms with Gasteiger partial charge in [-0.3, -0.25) is 4.79 Å². The minimum Gasteiger partial charge on any atom is -0.355 e. The van der Waals surface area contributed by atoms with Crippen LogP contribution < -0.4 is 5.32 Å². The number of rotatable bonds is 6. The van der Waals surface area contributed by atoms with Crippen LogP contribution in [0.1, 0.15) is 45.4 Å². The zero-order valence-corrected chi connectivity index (χ0v) is 11.8. The molecule has 0 spiro atoms. The van der Waals surface area contributed by atoms with Gasteiger partial charge in [0.15, 0.2) is 0 Å². The van der Waals surface area contributed by atoms with E-state index in [1.807, 2.05) is 21.6 Å². The summed E-state index contributed by atoms with van der Waals surface area (Å²) in [6.45, 7) is 2.98. The predicted molar refractivity (Wildman–Crippen MR) is 74.8 cm³/mol. The van der Waals surface area contributed by atoms with E-state index in [2.05, 4.69) is 12.2 Å². The molecule has 1 aliphatic carbocycles. The van der Waals surface area contributed by atoms with Crippen LogP contribution in [0.2, 0.25) is 0 Å². The zero-order chi connectivity index (χ0) is 11.6. The van der Waals surface area contributed by atoms with Gasteiger partial charge in [-0.05, 0) is 12.8 Å². The van der Waals surface area contributed by atoms with Gasteiger partial charge in [0, 0.05) is 24.0 Å². The average Bonchev–Trinajstić information content (AvgIpc) is 2.57. The average molecular weight is 261 g/mol. The van der Waals surface area contributed by atoms with Crippen molar-refractivity contribution in [1.29, 1.82) is 0 Å². The molecule has 0 aromatic carbocycles. The Hall–Kier alpha value is 0.170. The number of hydrogen-bond donors (Lipinski definition) is 1. The van der Waals surface area contributed by atoms with Gasteiger partial charge < -0.3 is 5.32 Å². The molecule has 1 amide bonds. The van der Waals surface area contributed by atoms with Crippen molar-refractivity contribution in [3.63, 3.8) is 0 Å². The van der Waals surface area contributed by atoms with Gasteiger partial charge in [-0.2, -0.15) is 0 Å². The van der Waals surface area contributed by atoms with Crippen molar-refractivity contribution in [1.82, 2.24) is 5.32 Å². The molecule has 2 nitrogen and oxygen atoms in total. The molecule has 4 heteroatoms. The summed E-state index contributed by atoms with van der Waals surface area (Å²) in [6.07, 6.45) is 7.29. The summed E-state index contributed by atoms with van der Waals surface area (Å²) in [5.74, 6) is 2.76. The Morgan fingerprint density at radius 1 is 1.19 bits per heavy atom. The van der Waals surface area contributed by atoms with Crippen molar-refractivity contribution in [2.24, 2.45) is 5.92 Å². The van der Waals surface area contributed by atoms with Gasteiger partial charge >= 0.3 is 0 Å². The molecule has 1 fully saturated rings. The van der Waals surface area contributed by atoms with Crippen molar-refractivity contribution in [3.05, 3.63) is 0 Å². The Labute approximate surface area is 107 Å². The molecular formula is C12H23NOS2. The van der Waals surface area contributed by atoms with Crippen molar-refractivity contribution < 1.29 is 4.79 Å². The summed E-state index contributed by atoms with van der Waals surface area (Å²) in [7, 11) is 3.71. The lowest BCUT2D eigenvalue weighted by Gasteiger charge is -2.13. The smallest absolute Gasteiger partial charge is 0.223 e. The molecule has 1 N–H and O–H groups in total. The summed E-state index contributed by atoms with van der Waals surface area (Å²) in [6, 6.07) is 0. The number of nitrogens with one attached hydrogen (secondary N) is 1. The first kappa shape index (κ1) is 14.2. The lowest BCUT2D eigenvalue weighted by molar-refractivity contribution is -0.125. The molecule has 0 unspecified atom stereocenters. The van der Waals surface area contributed by atoms with Crippen LogP contribution in [-0.4, -0.2) is 24.0 Å². The summed E-state index contributed by atoms with van der Waals surface area (Å²) in [4.78, 5) is 11.9. The topological polar surface area (TPSA) is 29.1 Å². The molecule has 0 radical (unpaired) electrons. The van der Waals surface area contributed by atoms with E-state index in [4.69, 9.17) is 0 Å². The highest BCUT2D eigenvalue weighted by Crippen LogP contribution is 2.23. The van der Waals surface area contributed by atoms with Crippen LogP contribution in [0.25, 0.3) is 0 Å². The number of carbonyl (C=O) groups excluding carboxylic acids is 1. The minimum atomic E-state index is 0.295. The molecule has 16 heavy (non-hydrogen) atoms. The van der Waals surface area contributed by atoms with Crippen LogP contribution >= 0.6 is 21.6 Å². The third-order valence-electron chi connectivity index (χ3n) is 2.91. The van der Waals surface area contributed by atoms with Crippen molar-refractivity contribution in [2.45, 2.75) is 45.4 Å². The van der Waals surface area contributed by atoms with Gasteiger partial charge in [0.1, 0.15) is 0 Å². The Morgan fingerprint density at radius 2 is 1.88 bits per heavy atom. The normalized spacial score (nSPS) is 18.1. The Morgan fingerprint density at radius 3 is 2.50 bits per heavy atom. The summed E-state index contributed by atoms with van der Waals surface area (Å²) in [5.41, 5.74) is 0. The summed E-state index contributed by atoms with van der Waals surface area (Å²) < 4.78 is 0. The molecule has 0 aromatic heterocycles. The maximum atomic E-state index is 11.9. The Bertz CT molecular complexity index is 191. The fraction of sp³-hybridized carbons (Fsp3) is 0.917. The molecule has 94 valence electrons. The van der Waals surface area contributed by atoms with Crippen LogP contribution in [-0.2, 0) is 4.79 Å². The first-order chi connectivity index (χ1) is 7.84. The van der Waals surface area contributed by atoms with Crippen LogP contribution in [0.5, 0.6) is 0 Å². The van der Waals surface area contributed by atoms with Gasteiger partial charge in [-0.15, -0.1) is 0 Å². The molecule has 1 rings (SSSR count). The van der Waals surface area contributed by atoms with E-state index in [9.17, 15) is 4.79 Å². The van der Waals surface area contributed by atoms with Gasteiger partial charge in [-0.25, -0.2) is 0 Å². The van der Waals surface area contributed by atoms with Crippen LogP contribution in [0, 0.1) is 5.92 Å². The molecule has 1 saturated carbocycles. The van der Waals surface area contributed by atoms with E-state index in [0.717, 1.165) is 30.9 Å².